The maximum absolute atomic E-state index is 6.09. The average Bonchev–Trinajstić information content (AvgIpc) is 3.08. The molecule has 47 heavy (non-hydrogen) atoms. The van der Waals surface area contributed by atoms with Gasteiger partial charge in [0.2, 0.25) is 0 Å². The normalized spacial score (nSPS) is 13.5. The van der Waals surface area contributed by atoms with Crippen molar-refractivity contribution >= 4 is 9.24 Å². The molecule has 0 aliphatic carbocycles. The van der Waals surface area contributed by atoms with Crippen LogP contribution in [-0.4, -0.2) is 11.5 Å². The first-order chi connectivity index (χ1) is 22.3. The summed E-state index contributed by atoms with van der Waals surface area (Å²) in [5.74, 6) is 0. The Kier molecular flexibility index (Phi) is 30.4. The van der Waals surface area contributed by atoms with Crippen molar-refractivity contribution in [3.05, 3.63) is 162 Å². The van der Waals surface area contributed by atoms with E-state index >= 15 is 0 Å². The minimum Gasteiger partial charge on any atom is -0.399 e. The summed E-state index contributed by atoms with van der Waals surface area (Å²) in [4.78, 5) is 4.16. The van der Waals surface area contributed by atoms with E-state index in [1.165, 1.54) is 16.7 Å². The van der Waals surface area contributed by atoms with Gasteiger partial charge in [0.25, 0.3) is 0 Å². The van der Waals surface area contributed by atoms with E-state index in [0.29, 0.717) is 0 Å². The maximum Gasteiger partial charge on any atom is 0.0624 e. The summed E-state index contributed by atoms with van der Waals surface area (Å²) in [6.07, 6.45) is 18.6. The van der Waals surface area contributed by atoms with E-state index in [1.807, 2.05) is 105 Å². The van der Waals surface area contributed by atoms with Crippen molar-refractivity contribution in [1.29, 1.82) is 0 Å². The molecule has 4 nitrogen and oxygen atoms in total. The molecule has 260 valence electrons. The number of hydrogen-bond donors (Lipinski definition) is 3. The Morgan fingerprint density at radius 1 is 1.04 bits per heavy atom. The van der Waals surface area contributed by atoms with Gasteiger partial charge < -0.3 is 16.8 Å². The van der Waals surface area contributed by atoms with Crippen LogP contribution in [0.3, 0.4) is 0 Å². The smallest absolute Gasteiger partial charge is 0.0624 e. The average molecular weight is 659 g/mol. The van der Waals surface area contributed by atoms with Crippen LogP contribution in [0.4, 0.5) is 0 Å². The van der Waals surface area contributed by atoms with Crippen LogP contribution >= 0.6 is 9.24 Å². The fourth-order valence-corrected chi connectivity index (χ4v) is 3.79. The molecule has 0 saturated carbocycles. The zero-order valence-electron chi connectivity index (χ0n) is 31.5. The Morgan fingerprint density at radius 2 is 1.62 bits per heavy atom. The van der Waals surface area contributed by atoms with Gasteiger partial charge in [-0.2, -0.15) is 0 Å². The zero-order chi connectivity index (χ0) is 36.8. The topological polar surface area (TPSA) is 77.0 Å². The summed E-state index contributed by atoms with van der Waals surface area (Å²) in [5, 5.41) is 3.68. The van der Waals surface area contributed by atoms with Crippen molar-refractivity contribution in [3.8, 4) is 0 Å². The number of nitrogens with zero attached hydrogens (tertiary/aromatic N) is 1. The highest BCUT2D eigenvalue weighted by molar-refractivity contribution is 7.15. The van der Waals surface area contributed by atoms with Crippen molar-refractivity contribution in [2.45, 2.75) is 93.9 Å². The quantitative estimate of drug-likeness (QED) is 0.128. The predicted molar refractivity (Wildman–Crippen MR) is 218 cm³/mol. The summed E-state index contributed by atoms with van der Waals surface area (Å²) >= 11 is 0. The lowest BCUT2D eigenvalue weighted by Crippen LogP contribution is -2.41. The molecule has 1 aromatic carbocycles. The Morgan fingerprint density at radius 3 is 2.04 bits per heavy atom. The van der Waals surface area contributed by atoms with E-state index in [9.17, 15) is 0 Å². The van der Waals surface area contributed by atoms with E-state index in [4.69, 9.17) is 11.5 Å². The molecule has 0 aliphatic rings. The Bertz CT molecular complexity index is 1300. The van der Waals surface area contributed by atoms with Gasteiger partial charge in [0.1, 0.15) is 0 Å². The van der Waals surface area contributed by atoms with E-state index in [-0.39, 0.29) is 11.6 Å². The molecule has 0 bridgehead atoms. The number of nitrogens with one attached hydrogen (secondary N) is 1. The lowest BCUT2D eigenvalue weighted by molar-refractivity contribution is 0.452. The molecular weight excluding hydrogens is 591 g/mol. The van der Waals surface area contributed by atoms with Crippen molar-refractivity contribution in [1.82, 2.24) is 10.3 Å². The lowest BCUT2D eigenvalue weighted by Gasteiger charge is -2.33. The molecule has 0 amide bonds. The van der Waals surface area contributed by atoms with Crippen LogP contribution in [0.25, 0.3) is 0 Å². The van der Waals surface area contributed by atoms with Crippen LogP contribution in [0, 0.1) is 0 Å². The Hall–Kier alpha value is -3.56. The van der Waals surface area contributed by atoms with Gasteiger partial charge in [-0.15, -0.1) is 15.8 Å². The van der Waals surface area contributed by atoms with E-state index in [2.05, 4.69) is 95.6 Å². The molecule has 1 heterocycles. The molecular formula is C42H67N4P. The third-order valence-electron chi connectivity index (χ3n) is 6.75. The number of aromatic nitrogens is 1. The van der Waals surface area contributed by atoms with Crippen LogP contribution in [0.15, 0.2) is 145 Å². The first-order valence-corrected chi connectivity index (χ1v) is 17.2. The minimum absolute atomic E-state index is 0.105. The van der Waals surface area contributed by atoms with E-state index < -0.39 is 0 Å². The van der Waals surface area contributed by atoms with Gasteiger partial charge in [-0.1, -0.05) is 111 Å². The minimum atomic E-state index is -0.246. The van der Waals surface area contributed by atoms with Crippen molar-refractivity contribution in [2.75, 3.05) is 6.54 Å². The Labute approximate surface area is 292 Å². The first-order valence-electron chi connectivity index (χ1n) is 16.4. The summed E-state index contributed by atoms with van der Waals surface area (Å²) in [6, 6.07) is 14.6. The van der Waals surface area contributed by atoms with Crippen LogP contribution in [0.2, 0.25) is 0 Å². The van der Waals surface area contributed by atoms with Gasteiger partial charge in [-0.05, 0) is 103 Å². The predicted octanol–water partition coefficient (Wildman–Crippen LogP) is 11.2. The molecule has 0 radical (unpaired) electrons. The number of hydrogen-bond acceptors (Lipinski definition) is 4. The standard InChI is InChI=1S/C23H32N2.C8H13N2P.C6H10.C3H6.C2H6/c1-7-8-12-20(5)23(6,21-13-10-9-11-14-21)25-16-15-19(4)22(24)17-18(2)3;1-6(9)7-2-3-10-8(4-7)5-11;1-4-6(3)5-2;1-3-2;1-2/h7-15,17,25H,2,16,24H2,1,3-6H3;2-4,6H,5,9,11H2,1H3;4-5H,1H2,2-3H3;3H,1H2,2H3;1-2H3/b8-7-,19-15-,20-12+,22-17+;;6-5-;;. The Balaban J connectivity index is -0.000000718. The number of benzene rings is 1. The summed E-state index contributed by atoms with van der Waals surface area (Å²) in [5.41, 5.74) is 20.3. The molecule has 1 aromatic heterocycles. The van der Waals surface area contributed by atoms with Crippen molar-refractivity contribution in [2.24, 2.45) is 11.5 Å². The highest BCUT2D eigenvalue weighted by atomic mass is 31.0. The van der Waals surface area contributed by atoms with Gasteiger partial charge in [-0.25, -0.2) is 0 Å². The van der Waals surface area contributed by atoms with Crippen molar-refractivity contribution < 1.29 is 0 Å². The second kappa shape index (κ2) is 29.8. The summed E-state index contributed by atoms with van der Waals surface area (Å²) in [7, 11) is 2.64. The second-order valence-corrected chi connectivity index (χ2v) is 11.2. The van der Waals surface area contributed by atoms with E-state index in [1.54, 1.807) is 12.3 Å². The molecule has 2 rings (SSSR count). The second-order valence-electron chi connectivity index (χ2n) is 10.8. The monoisotopic (exact) mass is 659 g/mol. The van der Waals surface area contributed by atoms with Gasteiger partial charge >= 0.3 is 0 Å². The number of allylic oxidation sites excluding steroid dienone is 10. The largest absolute Gasteiger partial charge is 0.399 e. The number of rotatable bonds is 11. The lowest BCUT2D eigenvalue weighted by atomic mass is 9.84. The molecule has 3 atom stereocenters. The van der Waals surface area contributed by atoms with Gasteiger partial charge in [0.05, 0.1) is 5.54 Å². The van der Waals surface area contributed by atoms with Gasteiger partial charge in [-0.3, -0.25) is 4.98 Å². The zero-order valence-corrected chi connectivity index (χ0v) is 32.7. The summed E-state index contributed by atoms with van der Waals surface area (Å²) in [6.45, 7) is 33.8. The SMILES string of the molecule is C=C(C)/C=C(N)\C(C)=C/CNC(C)(/C(C)=C/C=C\C)c1ccccc1.C=C/C(C)=C\C.C=CC.CC.CC(N)c1ccnc(CP)c1. The van der Waals surface area contributed by atoms with Crippen LogP contribution in [-0.2, 0) is 11.7 Å². The molecule has 5 N–H and O–H groups in total. The number of nitrogens with two attached hydrogens (primary N) is 2. The third kappa shape index (κ3) is 22.6. The molecule has 2 aromatic rings. The van der Waals surface area contributed by atoms with Crippen LogP contribution in [0.5, 0.6) is 0 Å². The molecule has 0 aliphatic heterocycles. The fourth-order valence-electron chi connectivity index (χ4n) is 3.56. The third-order valence-corrected chi connectivity index (χ3v) is 7.17. The highest BCUT2D eigenvalue weighted by Crippen LogP contribution is 2.29. The van der Waals surface area contributed by atoms with E-state index in [0.717, 1.165) is 40.8 Å². The first kappa shape index (κ1) is 47.8. The molecule has 3 unspecified atom stereocenters. The maximum atomic E-state index is 6.09. The van der Waals surface area contributed by atoms with Crippen LogP contribution < -0.4 is 16.8 Å². The van der Waals surface area contributed by atoms with Crippen molar-refractivity contribution in [3.63, 3.8) is 0 Å². The molecule has 0 saturated heterocycles. The summed E-state index contributed by atoms with van der Waals surface area (Å²) < 4.78 is 0. The number of pyridine rings is 1. The fraction of sp³-hybridized carbons (Fsp3) is 0.357. The highest BCUT2D eigenvalue weighted by Gasteiger charge is 2.27. The molecule has 5 heteroatoms. The van der Waals surface area contributed by atoms with Gasteiger partial charge in [0.15, 0.2) is 0 Å². The van der Waals surface area contributed by atoms with Gasteiger partial charge in [0, 0.05) is 36.3 Å². The van der Waals surface area contributed by atoms with Crippen LogP contribution in [0.1, 0.15) is 99.0 Å². The molecule has 0 spiro atoms. The molecule has 0 fully saturated rings.